The van der Waals surface area contributed by atoms with Crippen molar-refractivity contribution in [3.05, 3.63) is 47.9 Å². The second-order valence-electron chi connectivity index (χ2n) is 6.39. The molecule has 2 heterocycles. The number of pyridine rings is 1. The van der Waals surface area contributed by atoms with Crippen LogP contribution in [-0.4, -0.2) is 27.6 Å². The van der Waals surface area contributed by atoms with Crippen LogP contribution >= 0.6 is 0 Å². The van der Waals surface area contributed by atoms with Gasteiger partial charge in [0.2, 0.25) is 0 Å². The molecular weight excluding hydrogens is 302 g/mol. The molecule has 0 radical (unpaired) electrons. The Morgan fingerprint density at radius 3 is 2.67 bits per heavy atom. The number of rotatable bonds is 4. The lowest BCUT2D eigenvalue weighted by atomic mass is 10.0. The van der Waals surface area contributed by atoms with Crippen molar-refractivity contribution in [1.82, 2.24) is 14.5 Å². The largest absolute Gasteiger partial charge is 0.465 e. The topological polar surface area (TPSA) is 57.0 Å². The molecule has 0 fully saturated rings. The lowest BCUT2D eigenvalue weighted by Crippen LogP contribution is -2.05. The van der Waals surface area contributed by atoms with Crippen LogP contribution < -0.4 is 0 Å². The quantitative estimate of drug-likeness (QED) is 0.684. The number of fused-ring (bicyclic) bond motifs is 1. The Morgan fingerprint density at radius 1 is 1.25 bits per heavy atom. The highest BCUT2D eigenvalue weighted by atomic mass is 16.5. The molecule has 0 aliphatic rings. The zero-order chi connectivity index (χ0) is 17.3. The average molecular weight is 323 g/mol. The zero-order valence-electron chi connectivity index (χ0n) is 14.4. The van der Waals surface area contributed by atoms with Crippen LogP contribution in [0.1, 0.15) is 29.8 Å². The van der Waals surface area contributed by atoms with Gasteiger partial charge in [0.15, 0.2) is 0 Å². The molecule has 0 amide bonds. The van der Waals surface area contributed by atoms with Gasteiger partial charge in [-0.3, -0.25) is 4.98 Å². The summed E-state index contributed by atoms with van der Waals surface area (Å²) in [4.78, 5) is 21.1. The molecule has 3 aromatic rings. The van der Waals surface area contributed by atoms with Gasteiger partial charge in [-0.25, -0.2) is 9.78 Å². The van der Waals surface area contributed by atoms with Crippen LogP contribution in [0.5, 0.6) is 0 Å². The van der Waals surface area contributed by atoms with Crippen molar-refractivity contribution in [2.24, 2.45) is 5.92 Å². The molecule has 0 atom stereocenters. The Labute approximate surface area is 141 Å². The van der Waals surface area contributed by atoms with Crippen LogP contribution in [0.15, 0.2) is 36.8 Å². The minimum Gasteiger partial charge on any atom is -0.465 e. The molecule has 24 heavy (non-hydrogen) atoms. The van der Waals surface area contributed by atoms with Crippen molar-refractivity contribution >= 4 is 17.0 Å². The van der Waals surface area contributed by atoms with Crippen LogP contribution in [0.3, 0.4) is 0 Å². The summed E-state index contributed by atoms with van der Waals surface area (Å²) in [6.07, 6.45) is 3.64. The van der Waals surface area contributed by atoms with Gasteiger partial charge in [-0.05, 0) is 36.6 Å². The number of aromatic nitrogens is 3. The summed E-state index contributed by atoms with van der Waals surface area (Å²) in [5.74, 6) is 0.118. The Hall–Kier alpha value is -2.69. The summed E-state index contributed by atoms with van der Waals surface area (Å²) < 4.78 is 6.98. The molecule has 0 N–H and O–H groups in total. The van der Waals surface area contributed by atoms with E-state index in [9.17, 15) is 4.79 Å². The fourth-order valence-electron chi connectivity index (χ4n) is 2.76. The first-order valence-corrected chi connectivity index (χ1v) is 8.00. The van der Waals surface area contributed by atoms with Gasteiger partial charge in [0.1, 0.15) is 0 Å². The van der Waals surface area contributed by atoms with E-state index in [-0.39, 0.29) is 5.97 Å². The third-order valence-corrected chi connectivity index (χ3v) is 3.90. The van der Waals surface area contributed by atoms with E-state index in [0.717, 1.165) is 34.4 Å². The molecule has 1 aromatic carbocycles. The van der Waals surface area contributed by atoms with Crippen molar-refractivity contribution in [2.75, 3.05) is 7.11 Å². The summed E-state index contributed by atoms with van der Waals surface area (Å²) in [6.45, 7) is 7.13. The highest BCUT2D eigenvalue weighted by Gasteiger charge is 2.16. The van der Waals surface area contributed by atoms with Crippen LogP contribution in [0.25, 0.3) is 22.3 Å². The van der Waals surface area contributed by atoms with Gasteiger partial charge in [0.05, 0.1) is 35.7 Å². The number of imidazole rings is 1. The van der Waals surface area contributed by atoms with Crippen molar-refractivity contribution in [2.45, 2.75) is 27.3 Å². The first kappa shape index (κ1) is 16.2. The fourth-order valence-corrected chi connectivity index (χ4v) is 2.76. The van der Waals surface area contributed by atoms with Crippen LogP contribution in [-0.2, 0) is 11.3 Å². The molecule has 2 aromatic heterocycles. The molecule has 0 unspecified atom stereocenters. The molecule has 3 rings (SSSR count). The number of methoxy groups -OCH3 is 1. The van der Waals surface area contributed by atoms with Crippen LogP contribution in [0.4, 0.5) is 0 Å². The van der Waals surface area contributed by atoms with Gasteiger partial charge >= 0.3 is 5.97 Å². The predicted octanol–water partition coefficient (Wildman–Crippen LogP) is 3.85. The van der Waals surface area contributed by atoms with Crippen molar-refractivity contribution in [3.8, 4) is 11.3 Å². The number of aryl methyl sites for hydroxylation is 1. The summed E-state index contributed by atoms with van der Waals surface area (Å²) in [5, 5.41) is 0. The van der Waals surface area contributed by atoms with Crippen molar-refractivity contribution < 1.29 is 9.53 Å². The maximum Gasteiger partial charge on any atom is 0.337 e. The summed E-state index contributed by atoms with van der Waals surface area (Å²) >= 11 is 0. The highest BCUT2D eigenvalue weighted by Crippen LogP contribution is 2.29. The molecule has 5 nitrogen and oxygen atoms in total. The lowest BCUT2D eigenvalue weighted by Gasteiger charge is -2.10. The molecule has 0 spiro atoms. The second-order valence-corrected chi connectivity index (χ2v) is 6.39. The van der Waals surface area contributed by atoms with E-state index in [1.54, 1.807) is 6.07 Å². The van der Waals surface area contributed by atoms with E-state index in [1.807, 2.05) is 37.6 Å². The monoisotopic (exact) mass is 323 g/mol. The third-order valence-electron chi connectivity index (χ3n) is 3.90. The maximum absolute atomic E-state index is 12.1. The lowest BCUT2D eigenvalue weighted by molar-refractivity contribution is 0.0601. The number of hydrogen-bond acceptors (Lipinski definition) is 4. The first-order chi connectivity index (χ1) is 11.5. The number of carbonyl (C=O) groups excluding carboxylic acids is 1. The number of nitrogens with zero attached hydrogens (tertiary/aromatic N) is 3. The van der Waals surface area contributed by atoms with Gasteiger partial charge in [-0.15, -0.1) is 0 Å². The highest BCUT2D eigenvalue weighted by molar-refractivity contribution is 6.00. The molecule has 5 heteroatoms. The van der Waals surface area contributed by atoms with E-state index < -0.39 is 0 Å². The van der Waals surface area contributed by atoms with Gasteiger partial charge in [0, 0.05) is 18.3 Å². The van der Waals surface area contributed by atoms with Gasteiger partial charge in [-0.1, -0.05) is 19.9 Å². The standard InChI is InChI=1S/C19H21N3O2/c1-12(2)10-22-11-21-18-15(16-6-5-13(3)9-20-16)7-14(8-17(18)22)19(23)24-4/h5-9,11-12H,10H2,1-4H3. The van der Waals surface area contributed by atoms with E-state index in [1.165, 1.54) is 7.11 Å². The molecule has 0 saturated carbocycles. The average Bonchev–Trinajstić information content (AvgIpc) is 2.96. The van der Waals surface area contributed by atoms with E-state index in [0.29, 0.717) is 11.5 Å². The number of ether oxygens (including phenoxy) is 1. The number of hydrogen-bond donors (Lipinski definition) is 0. The minimum absolute atomic E-state index is 0.359. The number of benzene rings is 1. The summed E-state index contributed by atoms with van der Waals surface area (Å²) in [7, 11) is 1.39. The SMILES string of the molecule is COC(=O)c1cc(-c2ccc(C)cn2)c2ncn(CC(C)C)c2c1. The Morgan fingerprint density at radius 2 is 2.04 bits per heavy atom. The number of carbonyl (C=O) groups is 1. The van der Waals surface area contributed by atoms with Gasteiger partial charge < -0.3 is 9.30 Å². The molecule has 0 aliphatic heterocycles. The Bertz CT molecular complexity index is 880. The minimum atomic E-state index is -0.359. The van der Waals surface area contributed by atoms with Crippen molar-refractivity contribution in [1.29, 1.82) is 0 Å². The fraction of sp³-hybridized carbons (Fsp3) is 0.316. The molecular formula is C19H21N3O2. The van der Waals surface area contributed by atoms with E-state index in [2.05, 4.69) is 28.4 Å². The molecule has 124 valence electrons. The smallest absolute Gasteiger partial charge is 0.337 e. The van der Waals surface area contributed by atoms with E-state index in [4.69, 9.17) is 4.74 Å². The first-order valence-electron chi connectivity index (χ1n) is 8.00. The zero-order valence-corrected chi connectivity index (χ0v) is 14.4. The Balaban J connectivity index is 2.24. The third kappa shape index (κ3) is 3.02. The normalized spacial score (nSPS) is 11.2. The van der Waals surface area contributed by atoms with Crippen molar-refractivity contribution in [3.63, 3.8) is 0 Å². The molecule has 0 saturated heterocycles. The van der Waals surface area contributed by atoms with Gasteiger partial charge in [-0.2, -0.15) is 0 Å². The predicted molar refractivity (Wildman–Crippen MR) is 93.9 cm³/mol. The van der Waals surface area contributed by atoms with Crippen LogP contribution in [0, 0.1) is 12.8 Å². The summed E-state index contributed by atoms with van der Waals surface area (Å²) in [6, 6.07) is 7.60. The number of esters is 1. The van der Waals surface area contributed by atoms with Gasteiger partial charge in [0.25, 0.3) is 0 Å². The summed E-state index contributed by atoms with van der Waals surface area (Å²) in [5.41, 5.74) is 5.00. The maximum atomic E-state index is 12.1. The molecule has 0 aliphatic carbocycles. The Kier molecular flexibility index (Phi) is 4.34. The van der Waals surface area contributed by atoms with E-state index >= 15 is 0 Å². The molecule has 0 bridgehead atoms. The van der Waals surface area contributed by atoms with Crippen LogP contribution in [0.2, 0.25) is 0 Å². The second kappa shape index (κ2) is 6.43.